The molecular formula is C14H11F9N2O8S3. The van der Waals surface area contributed by atoms with E-state index in [4.69, 9.17) is 0 Å². The molecule has 36 heavy (non-hydrogen) atoms. The van der Waals surface area contributed by atoms with E-state index in [1.54, 1.807) is 0 Å². The Balaban J connectivity index is 3.36. The van der Waals surface area contributed by atoms with Crippen LogP contribution in [-0.2, 0) is 35.0 Å². The molecule has 1 rings (SSSR count). The summed E-state index contributed by atoms with van der Waals surface area (Å²) >= 11 is 0. The molecule has 0 bridgehead atoms. The molecule has 0 radical (unpaired) electrons. The molecule has 0 aliphatic rings. The van der Waals surface area contributed by atoms with Crippen molar-refractivity contribution in [3.05, 3.63) is 36.4 Å². The summed E-state index contributed by atoms with van der Waals surface area (Å²) in [6.45, 7) is 4.54. The lowest BCUT2D eigenvalue weighted by Gasteiger charge is -2.31. The summed E-state index contributed by atoms with van der Waals surface area (Å²) in [6, 6.07) is 2.41. The summed E-state index contributed by atoms with van der Waals surface area (Å²) in [7, 11) is -22.5. The molecule has 0 aliphatic heterocycles. The van der Waals surface area contributed by atoms with Gasteiger partial charge in [-0.15, -0.1) is 0 Å². The molecule has 0 heterocycles. The van der Waals surface area contributed by atoms with Gasteiger partial charge in [-0.25, -0.2) is 16.8 Å². The Morgan fingerprint density at radius 1 is 0.806 bits per heavy atom. The van der Waals surface area contributed by atoms with Crippen molar-refractivity contribution in [2.45, 2.75) is 28.9 Å². The third kappa shape index (κ3) is 5.70. The maximum Gasteiger partial charge on any atom is 0.512 e. The number of nitrogens with one attached hydrogen (secondary N) is 2. The highest BCUT2D eigenvalue weighted by Gasteiger charge is 2.83. The van der Waals surface area contributed by atoms with Crippen molar-refractivity contribution in [3.8, 4) is 5.75 Å². The van der Waals surface area contributed by atoms with E-state index in [0.717, 1.165) is 12.1 Å². The van der Waals surface area contributed by atoms with E-state index in [9.17, 15) is 69.6 Å². The molecule has 0 fully saturated rings. The molecule has 0 atom stereocenters. The van der Waals surface area contributed by atoms with Crippen LogP contribution in [0.15, 0.2) is 36.4 Å². The van der Waals surface area contributed by atoms with Crippen LogP contribution in [-0.4, -0.2) is 53.1 Å². The molecule has 2 N–H and O–H groups in total. The topological polar surface area (TPSA) is 153 Å². The number of halogens is 9. The zero-order valence-corrected chi connectivity index (χ0v) is 19.4. The van der Waals surface area contributed by atoms with Crippen molar-refractivity contribution in [2.75, 3.05) is 5.32 Å². The molecule has 1 amide bonds. The summed E-state index contributed by atoms with van der Waals surface area (Å²) in [5, 5.41) is -12.5. The van der Waals surface area contributed by atoms with Gasteiger partial charge in [0.15, 0.2) is 0 Å². The van der Waals surface area contributed by atoms with Crippen LogP contribution in [0.1, 0.15) is 6.92 Å². The van der Waals surface area contributed by atoms with Gasteiger partial charge in [-0.1, -0.05) is 10.7 Å². The number of carbonyl (C=O) groups is 1. The van der Waals surface area contributed by atoms with Gasteiger partial charge in [0, 0.05) is 11.3 Å². The Bertz CT molecular complexity index is 1350. The number of amides is 1. The molecule has 10 nitrogen and oxygen atoms in total. The Morgan fingerprint density at radius 2 is 1.25 bits per heavy atom. The first-order valence-corrected chi connectivity index (χ1v) is 12.6. The van der Waals surface area contributed by atoms with Crippen LogP contribution in [0.3, 0.4) is 0 Å². The van der Waals surface area contributed by atoms with Crippen LogP contribution in [0.5, 0.6) is 5.75 Å². The average Bonchev–Trinajstić information content (AvgIpc) is 2.66. The van der Waals surface area contributed by atoms with Gasteiger partial charge in [-0.05, 0) is 31.2 Å². The van der Waals surface area contributed by atoms with E-state index in [2.05, 4.69) is 16.1 Å². The molecule has 0 saturated heterocycles. The lowest BCUT2D eigenvalue weighted by atomic mass is 10.2. The predicted molar refractivity (Wildman–Crippen MR) is 101 cm³/mol. The van der Waals surface area contributed by atoms with E-state index in [-0.39, 0.29) is 11.3 Å². The third-order valence-corrected chi connectivity index (χ3v) is 8.20. The van der Waals surface area contributed by atoms with Crippen LogP contribution in [0.4, 0.5) is 45.2 Å². The van der Waals surface area contributed by atoms with Crippen LogP contribution >= 0.6 is 0 Å². The molecule has 206 valence electrons. The van der Waals surface area contributed by atoms with Crippen LogP contribution in [0, 0.1) is 0 Å². The second kappa shape index (κ2) is 9.37. The lowest BCUT2D eigenvalue weighted by molar-refractivity contribution is -0.245. The zero-order valence-electron chi connectivity index (χ0n) is 16.9. The number of alkyl halides is 9. The Kier molecular flexibility index (Phi) is 8.19. The van der Waals surface area contributed by atoms with Crippen LogP contribution in [0.25, 0.3) is 0 Å². The summed E-state index contributed by atoms with van der Waals surface area (Å²) in [5.74, 6) is -9.64. The van der Waals surface area contributed by atoms with Gasteiger partial charge in [-0.2, -0.15) is 47.9 Å². The Morgan fingerprint density at radius 3 is 1.64 bits per heavy atom. The maximum atomic E-state index is 14.0. The monoisotopic (exact) mass is 602 g/mol. The van der Waals surface area contributed by atoms with Crippen molar-refractivity contribution < 1.29 is 73.7 Å². The number of hydrogen-bond acceptors (Lipinski definition) is 8. The highest BCUT2D eigenvalue weighted by Crippen LogP contribution is 2.51. The standard InChI is InChI=1S/C14H11F9N2O8S3/c1-7(2)10(26)24-8-3-5-9(6-4-8)33-36(31,32)13(19,20)11(15,16)12(17,18)34(27,28)25-35(29,30)14(21,22)23/h3-6,25H,1H2,2H3,(H,24,26). The first kappa shape index (κ1) is 31.4. The molecule has 0 spiro atoms. The van der Waals surface area contributed by atoms with Gasteiger partial charge in [0.25, 0.3) is 15.9 Å². The third-order valence-electron chi connectivity index (χ3n) is 3.61. The minimum atomic E-state index is -7.89. The minimum absolute atomic E-state index is 0.0202. The highest BCUT2D eigenvalue weighted by atomic mass is 32.3. The first-order valence-electron chi connectivity index (χ1n) is 8.22. The van der Waals surface area contributed by atoms with E-state index in [1.165, 1.54) is 6.92 Å². The van der Waals surface area contributed by atoms with Crippen molar-refractivity contribution in [3.63, 3.8) is 0 Å². The van der Waals surface area contributed by atoms with Crippen molar-refractivity contribution >= 4 is 41.8 Å². The molecule has 0 unspecified atom stereocenters. The number of rotatable bonds is 10. The summed E-state index contributed by atoms with van der Waals surface area (Å²) in [5.41, 5.74) is -6.85. The Labute approximate surface area is 196 Å². The first-order chi connectivity index (χ1) is 15.7. The zero-order chi connectivity index (χ0) is 28.8. The molecule has 0 saturated carbocycles. The predicted octanol–water partition coefficient (Wildman–Crippen LogP) is 2.50. The fraction of sp³-hybridized carbons (Fsp3) is 0.357. The second-order valence-electron chi connectivity index (χ2n) is 6.44. The van der Waals surface area contributed by atoms with Crippen molar-refractivity contribution in [1.29, 1.82) is 0 Å². The molecular weight excluding hydrogens is 591 g/mol. The van der Waals surface area contributed by atoms with E-state index in [1.807, 2.05) is 0 Å². The second-order valence-corrected chi connectivity index (χ2v) is 11.7. The van der Waals surface area contributed by atoms with Gasteiger partial charge in [0.2, 0.25) is 0 Å². The molecule has 0 aliphatic carbocycles. The quantitative estimate of drug-likeness (QED) is 0.236. The summed E-state index contributed by atoms with van der Waals surface area (Å²) < 4.78 is 190. The maximum absolute atomic E-state index is 14.0. The number of carbonyl (C=O) groups excluding carboxylic acids is 1. The lowest BCUT2D eigenvalue weighted by Crippen LogP contribution is -2.64. The smallest absolute Gasteiger partial charge is 0.378 e. The fourth-order valence-corrected chi connectivity index (χ4v) is 5.14. The number of anilines is 1. The van der Waals surface area contributed by atoms with E-state index < -0.39 is 67.9 Å². The van der Waals surface area contributed by atoms with Gasteiger partial charge in [-0.3, -0.25) is 4.79 Å². The van der Waals surface area contributed by atoms with Gasteiger partial charge >= 0.3 is 42.1 Å². The van der Waals surface area contributed by atoms with E-state index in [0.29, 0.717) is 12.1 Å². The number of hydrogen-bond donors (Lipinski definition) is 2. The molecule has 22 heteroatoms. The van der Waals surface area contributed by atoms with Gasteiger partial charge in [0.1, 0.15) is 5.75 Å². The summed E-state index contributed by atoms with van der Waals surface area (Å²) in [4.78, 5) is 11.4. The van der Waals surface area contributed by atoms with Gasteiger partial charge in [0.05, 0.1) is 0 Å². The highest BCUT2D eigenvalue weighted by molar-refractivity contribution is 8.05. The SMILES string of the molecule is C=C(C)C(=O)Nc1ccc(OS(=O)(=O)C(F)(F)C(F)(F)C(F)(F)S(=O)(=O)NS(=O)(=O)C(F)(F)F)cc1. The number of sulfonamides is 2. The van der Waals surface area contributed by atoms with E-state index >= 15 is 0 Å². The largest absolute Gasteiger partial charge is 0.512 e. The normalized spacial score (nSPS) is 14.3. The van der Waals surface area contributed by atoms with Crippen molar-refractivity contribution in [1.82, 2.24) is 4.13 Å². The number of benzene rings is 1. The average molecular weight is 602 g/mol. The molecule has 1 aromatic carbocycles. The van der Waals surface area contributed by atoms with Gasteiger partial charge < -0.3 is 9.50 Å². The minimum Gasteiger partial charge on any atom is -0.378 e. The van der Waals surface area contributed by atoms with Crippen LogP contribution < -0.4 is 13.6 Å². The molecule has 1 aromatic rings. The Hall–Kier alpha value is -2.59. The van der Waals surface area contributed by atoms with Crippen molar-refractivity contribution in [2.24, 2.45) is 0 Å². The van der Waals surface area contributed by atoms with Crippen LogP contribution in [0.2, 0.25) is 0 Å². The summed E-state index contributed by atoms with van der Waals surface area (Å²) in [6.07, 6.45) is 0. The molecule has 0 aromatic heterocycles. The fourth-order valence-electron chi connectivity index (χ4n) is 1.75.